The van der Waals surface area contributed by atoms with Crippen LogP contribution in [0.3, 0.4) is 0 Å². The quantitative estimate of drug-likeness (QED) is 0.624. The summed E-state index contributed by atoms with van der Waals surface area (Å²) in [4.78, 5) is 19.5. The fourth-order valence-corrected chi connectivity index (χ4v) is 1.04. The van der Waals surface area contributed by atoms with Crippen LogP contribution < -0.4 is 4.74 Å². The van der Waals surface area contributed by atoms with Gasteiger partial charge in [-0.15, -0.1) is 0 Å². The summed E-state index contributed by atoms with van der Waals surface area (Å²) in [6, 6.07) is 1.79. The Labute approximate surface area is 105 Å². The third-order valence-corrected chi connectivity index (χ3v) is 1.97. The minimum atomic E-state index is -4.63. The molecule has 0 saturated carbocycles. The molecule has 0 fully saturated rings. The summed E-state index contributed by atoms with van der Waals surface area (Å²) >= 11 is 0. The number of hydrogen-bond donors (Lipinski definition) is 0. The minimum Gasteiger partial charge on any atom is -0.466 e. The monoisotopic (exact) mass is 282 g/mol. The van der Waals surface area contributed by atoms with Gasteiger partial charge in [0.05, 0.1) is 7.11 Å². The highest BCUT2D eigenvalue weighted by Crippen LogP contribution is 2.20. The summed E-state index contributed by atoms with van der Waals surface area (Å²) in [5.41, 5.74) is -0.303. The largest absolute Gasteiger partial charge is 0.466 e. The summed E-state index contributed by atoms with van der Waals surface area (Å²) in [6.07, 6.45) is -4.63. The number of pyridine rings is 1. The molecule has 0 saturated heterocycles. The van der Waals surface area contributed by atoms with Crippen LogP contribution in [0.25, 0.3) is 0 Å². The van der Waals surface area contributed by atoms with E-state index in [1.807, 2.05) is 0 Å². The number of carbonyl (C=O) groups excluding carboxylic acids is 1. The molecule has 0 radical (unpaired) electrons. The molecule has 19 heavy (non-hydrogen) atoms. The van der Waals surface area contributed by atoms with Crippen LogP contribution in [0.15, 0.2) is 12.1 Å². The van der Waals surface area contributed by atoms with Crippen molar-refractivity contribution in [2.45, 2.75) is 6.18 Å². The van der Waals surface area contributed by atoms with E-state index in [2.05, 4.69) is 14.6 Å². The first-order valence-corrected chi connectivity index (χ1v) is 4.93. The Hall–Kier alpha value is -1.90. The highest BCUT2D eigenvalue weighted by molar-refractivity contribution is 5.91. The lowest BCUT2D eigenvalue weighted by Gasteiger charge is -2.14. The number of amides is 1. The number of alkyl halides is 3. The van der Waals surface area contributed by atoms with Gasteiger partial charge in [-0.25, -0.2) is 14.4 Å². The molecular formula is C10H10F4N2O3. The van der Waals surface area contributed by atoms with Crippen LogP contribution in [0.5, 0.6) is 5.88 Å². The average molecular weight is 282 g/mol. The van der Waals surface area contributed by atoms with Crippen molar-refractivity contribution in [1.82, 2.24) is 10.0 Å². The molecule has 0 atom stereocenters. The third-order valence-electron chi connectivity index (χ3n) is 1.97. The topological polar surface area (TPSA) is 51.7 Å². The maximum atomic E-state index is 13.2. The Morgan fingerprint density at radius 3 is 2.58 bits per heavy atom. The van der Waals surface area contributed by atoms with Gasteiger partial charge in [0.15, 0.2) is 12.4 Å². The van der Waals surface area contributed by atoms with Crippen LogP contribution in [0, 0.1) is 5.82 Å². The molecule has 1 rings (SSSR count). The molecule has 0 unspecified atom stereocenters. The minimum absolute atomic E-state index is 0.303. The molecule has 1 aromatic rings. The van der Waals surface area contributed by atoms with Gasteiger partial charge in [0.1, 0.15) is 5.69 Å². The van der Waals surface area contributed by atoms with Gasteiger partial charge in [-0.1, -0.05) is 0 Å². The van der Waals surface area contributed by atoms with Crippen LogP contribution in [0.4, 0.5) is 17.6 Å². The number of rotatable bonds is 4. The van der Waals surface area contributed by atoms with Crippen molar-refractivity contribution in [2.75, 3.05) is 20.8 Å². The Kier molecular flexibility index (Phi) is 4.65. The zero-order chi connectivity index (χ0) is 14.6. The van der Waals surface area contributed by atoms with Crippen molar-refractivity contribution >= 4 is 5.91 Å². The maximum absolute atomic E-state index is 13.2. The van der Waals surface area contributed by atoms with E-state index in [0.717, 1.165) is 17.2 Å². The van der Waals surface area contributed by atoms with E-state index in [0.29, 0.717) is 0 Å². The molecule has 5 nitrogen and oxygen atoms in total. The van der Waals surface area contributed by atoms with Crippen molar-refractivity contribution < 1.29 is 31.9 Å². The van der Waals surface area contributed by atoms with Gasteiger partial charge in [0.2, 0.25) is 0 Å². The van der Waals surface area contributed by atoms with Crippen molar-refractivity contribution in [2.24, 2.45) is 0 Å². The number of carbonyl (C=O) groups is 1. The van der Waals surface area contributed by atoms with E-state index in [9.17, 15) is 22.4 Å². The lowest BCUT2D eigenvalue weighted by molar-refractivity contribution is -0.154. The van der Waals surface area contributed by atoms with Crippen LogP contribution >= 0.6 is 0 Å². The molecule has 1 amide bonds. The number of ether oxygens (including phenoxy) is 1. The molecule has 1 aromatic heterocycles. The number of hydrogen-bond acceptors (Lipinski definition) is 4. The molecule has 0 bridgehead atoms. The van der Waals surface area contributed by atoms with E-state index >= 15 is 0 Å². The molecule has 0 aliphatic heterocycles. The molecule has 0 aliphatic carbocycles. The van der Waals surface area contributed by atoms with E-state index in [1.54, 1.807) is 0 Å². The fraction of sp³-hybridized carbons (Fsp3) is 0.400. The van der Waals surface area contributed by atoms with Crippen LogP contribution in [0.2, 0.25) is 0 Å². The maximum Gasteiger partial charge on any atom is 0.422 e. The second kappa shape index (κ2) is 5.83. The molecule has 9 heteroatoms. The summed E-state index contributed by atoms with van der Waals surface area (Å²) < 4.78 is 53.2. The molecular weight excluding hydrogens is 272 g/mol. The summed E-state index contributed by atoms with van der Waals surface area (Å²) in [5, 5.41) is 0.785. The highest BCUT2D eigenvalue weighted by atomic mass is 19.4. The summed E-state index contributed by atoms with van der Waals surface area (Å²) in [5.74, 6) is -2.74. The Morgan fingerprint density at radius 2 is 2.05 bits per heavy atom. The van der Waals surface area contributed by atoms with Crippen molar-refractivity contribution in [3.05, 3.63) is 23.6 Å². The standard InChI is InChI=1S/C10H10F4N2O3/c1-16(18-2)9(17)7-4-3-6(11)8(15-7)19-5-10(12,13)14/h3-4H,5H2,1-2H3. The molecule has 0 aromatic carbocycles. The SMILES string of the molecule is CON(C)C(=O)c1ccc(F)c(OCC(F)(F)F)n1. The van der Waals surface area contributed by atoms with Crippen molar-refractivity contribution in [3.8, 4) is 5.88 Å². The predicted molar refractivity (Wildman–Crippen MR) is 54.8 cm³/mol. The van der Waals surface area contributed by atoms with Crippen molar-refractivity contribution in [1.29, 1.82) is 0 Å². The Balaban J connectivity index is 2.91. The molecule has 0 N–H and O–H groups in total. The Bertz CT molecular complexity index is 465. The van der Waals surface area contributed by atoms with E-state index in [-0.39, 0.29) is 5.69 Å². The second-order valence-corrected chi connectivity index (χ2v) is 3.37. The predicted octanol–water partition coefficient (Wildman–Crippen LogP) is 1.80. The molecule has 0 spiro atoms. The normalized spacial score (nSPS) is 11.3. The summed E-state index contributed by atoms with van der Waals surface area (Å²) in [7, 11) is 2.48. The molecule has 106 valence electrons. The van der Waals surface area contributed by atoms with Gasteiger partial charge in [-0.3, -0.25) is 9.63 Å². The lowest BCUT2D eigenvalue weighted by Crippen LogP contribution is -2.27. The smallest absolute Gasteiger partial charge is 0.422 e. The first-order chi connectivity index (χ1) is 8.74. The zero-order valence-corrected chi connectivity index (χ0v) is 9.99. The first-order valence-electron chi connectivity index (χ1n) is 4.93. The van der Waals surface area contributed by atoms with Crippen molar-refractivity contribution in [3.63, 3.8) is 0 Å². The summed E-state index contributed by atoms with van der Waals surface area (Å²) in [6.45, 7) is -1.70. The van der Waals surface area contributed by atoms with E-state index in [4.69, 9.17) is 0 Å². The molecule has 0 aliphatic rings. The fourth-order valence-electron chi connectivity index (χ4n) is 1.04. The van der Waals surface area contributed by atoms with E-state index in [1.165, 1.54) is 14.2 Å². The van der Waals surface area contributed by atoms with Gasteiger partial charge in [-0.05, 0) is 12.1 Å². The van der Waals surface area contributed by atoms with Crippen LogP contribution in [0.1, 0.15) is 10.5 Å². The zero-order valence-electron chi connectivity index (χ0n) is 9.99. The van der Waals surface area contributed by atoms with E-state index < -0.39 is 30.4 Å². The molecule has 1 heterocycles. The third kappa shape index (κ3) is 4.36. The van der Waals surface area contributed by atoms with Gasteiger partial charge in [0.25, 0.3) is 11.8 Å². The first kappa shape index (κ1) is 15.2. The average Bonchev–Trinajstić information content (AvgIpc) is 2.35. The number of halogens is 4. The van der Waals surface area contributed by atoms with Gasteiger partial charge in [0, 0.05) is 7.05 Å². The second-order valence-electron chi connectivity index (χ2n) is 3.37. The number of nitrogens with zero attached hydrogens (tertiary/aromatic N) is 2. The van der Waals surface area contributed by atoms with Gasteiger partial charge >= 0.3 is 6.18 Å². The lowest BCUT2D eigenvalue weighted by atomic mass is 10.3. The number of hydroxylamine groups is 2. The van der Waals surface area contributed by atoms with Crippen LogP contribution in [-0.4, -0.2) is 42.9 Å². The Morgan fingerprint density at radius 1 is 1.42 bits per heavy atom. The van der Waals surface area contributed by atoms with Gasteiger partial charge < -0.3 is 4.74 Å². The highest BCUT2D eigenvalue weighted by Gasteiger charge is 2.29. The van der Waals surface area contributed by atoms with Crippen LogP contribution in [-0.2, 0) is 4.84 Å². The number of aromatic nitrogens is 1. The van der Waals surface area contributed by atoms with Gasteiger partial charge in [-0.2, -0.15) is 13.2 Å².